The number of para-hydroxylation sites is 1. The molecule has 0 unspecified atom stereocenters. The summed E-state index contributed by atoms with van der Waals surface area (Å²) in [4.78, 5) is 12.7. The summed E-state index contributed by atoms with van der Waals surface area (Å²) < 4.78 is 1.77. The number of amides is 1. The fourth-order valence-electron chi connectivity index (χ4n) is 2.76. The van der Waals surface area contributed by atoms with Crippen LogP contribution in [0.4, 0.5) is 0 Å². The molecular formula is C21H23N3O. The predicted octanol–water partition coefficient (Wildman–Crippen LogP) is 4.38. The maximum absolute atomic E-state index is 12.7. The SMILES string of the molecule is CCCCNC(=O)c1cn(-c2ccccc2)nc1-c1ccccc1C. The molecule has 0 atom stereocenters. The smallest absolute Gasteiger partial charge is 0.255 e. The van der Waals surface area contributed by atoms with Gasteiger partial charge in [0, 0.05) is 18.3 Å². The number of nitrogens with one attached hydrogen (secondary N) is 1. The summed E-state index contributed by atoms with van der Waals surface area (Å²) >= 11 is 0. The Balaban J connectivity index is 2.04. The third kappa shape index (κ3) is 3.79. The van der Waals surface area contributed by atoms with Gasteiger partial charge >= 0.3 is 0 Å². The molecule has 0 bridgehead atoms. The van der Waals surface area contributed by atoms with Gasteiger partial charge in [0.05, 0.1) is 11.3 Å². The lowest BCUT2D eigenvalue weighted by Crippen LogP contribution is -2.24. The number of unbranched alkanes of at least 4 members (excludes halogenated alkanes) is 1. The first-order valence-electron chi connectivity index (χ1n) is 8.70. The Hall–Kier alpha value is -2.88. The van der Waals surface area contributed by atoms with E-state index >= 15 is 0 Å². The molecule has 3 rings (SSSR count). The maximum Gasteiger partial charge on any atom is 0.255 e. The number of nitrogens with zero attached hydrogens (tertiary/aromatic N) is 2. The Labute approximate surface area is 148 Å². The van der Waals surface area contributed by atoms with E-state index in [9.17, 15) is 4.79 Å². The minimum Gasteiger partial charge on any atom is -0.352 e. The Morgan fingerprint density at radius 1 is 1.08 bits per heavy atom. The number of rotatable bonds is 6. The summed E-state index contributed by atoms with van der Waals surface area (Å²) in [5.41, 5.74) is 4.34. The van der Waals surface area contributed by atoms with Crippen LogP contribution >= 0.6 is 0 Å². The molecule has 1 aromatic heterocycles. The van der Waals surface area contributed by atoms with E-state index in [4.69, 9.17) is 5.10 Å². The van der Waals surface area contributed by atoms with Gasteiger partial charge in [-0.2, -0.15) is 5.10 Å². The van der Waals surface area contributed by atoms with Gasteiger partial charge in [0.2, 0.25) is 0 Å². The summed E-state index contributed by atoms with van der Waals surface area (Å²) in [7, 11) is 0. The zero-order valence-corrected chi connectivity index (χ0v) is 14.7. The van der Waals surface area contributed by atoms with Gasteiger partial charge < -0.3 is 5.32 Å². The average Bonchev–Trinajstić information content (AvgIpc) is 3.08. The third-order valence-electron chi connectivity index (χ3n) is 4.20. The molecule has 0 radical (unpaired) electrons. The third-order valence-corrected chi connectivity index (χ3v) is 4.20. The lowest BCUT2D eigenvalue weighted by atomic mass is 10.0. The zero-order valence-electron chi connectivity index (χ0n) is 14.7. The van der Waals surface area contributed by atoms with Crippen molar-refractivity contribution < 1.29 is 4.79 Å². The Bertz CT molecular complexity index is 853. The molecular weight excluding hydrogens is 310 g/mol. The van der Waals surface area contributed by atoms with E-state index in [1.165, 1.54) is 0 Å². The number of hydrogen-bond donors (Lipinski definition) is 1. The zero-order chi connectivity index (χ0) is 17.6. The topological polar surface area (TPSA) is 46.9 Å². The minimum atomic E-state index is -0.0751. The minimum absolute atomic E-state index is 0.0751. The van der Waals surface area contributed by atoms with Crippen LogP contribution in [0.1, 0.15) is 35.7 Å². The van der Waals surface area contributed by atoms with E-state index in [1.54, 1.807) is 4.68 Å². The molecule has 0 aliphatic carbocycles. The van der Waals surface area contributed by atoms with Crippen molar-refractivity contribution in [2.75, 3.05) is 6.54 Å². The molecule has 0 aliphatic heterocycles. The quantitative estimate of drug-likeness (QED) is 0.681. The second-order valence-corrected chi connectivity index (χ2v) is 6.10. The van der Waals surface area contributed by atoms with Crippen molar-refractivity contribution in [1.82, 2.24) is 15.1 Å². The predicted molar refractivity (Wildman–Crippen MR) is 101 cm³/mol. The van der Waals surface area contributed by atoms with Crippen LogP contribution < -0.4 is 5.32 Å². The lowest BCUT2D eigenvalue weighted by Gasteiger charge is -2.06. The van der Waals surface area contributed by atoms with Gasteiger partial charge in [0.15, 0.2) is 0 Å². The summed E-state index contributed by atoms with van der Waals surface area (Å²) in [6, 6.07) is 17.9. The van der Waals surface area contributed by atoms with Crippen molar-refractivity contribution in [1.29, 1.82) is 0 Å². The first kappa shape index (κ1) is 17.0. The van der Waals surface area contributed by atoms with Gasteiger partial charge in [-0.25, -0.2) is 4.68 Å². The van der Waals surface area contributed by atoms with Crippen molar-refractivity contribution in [2.24, 2.45) is 0 Å². The van der Waals surface area contributed by atoms with E-state index in [0.717, 1.165) is 35.3 Å². The Morgan fingerprint density at radius 2 is 1.80 bits per heavy atom. The van der Waals surface area contributed by atoms with E-state index < -0.39 is 0 Å². The van der Waals surface area contributed by atoms with Crippen LogP contribution in [-0.2, 0) is 0 Å². The molecule has 3 aromatic rings. The van der Waals surface area contributed by atoms with Crippen LogP contribution in [0.5, 0.6) is 0 Å². The van der Waals surface area contributed by atoms with E-state index in [0.29, 0.717) is 12.1 Å². The highest BCUT2D eigenvalue weighted by molar-refractivity contribution is 6.00. The molecule has 0 spiro atoms. The lowest BCUT2D eigenvalue weighted by molar-refractivity contribution is 0.0954. The van der Waals surface area contributed by atoms with Crippen molar-refractivity contribution in [3.63, 3.8) is 0 Å². The van der Waals surface area contributed by atoms with E-state index in [1.807, 2.05) is 67.7 Å². The molecule has 0 saturated heterocycles. The number of carbonyl (C=O) groups is 1. The Kier molecular flexibility index (Phi) is 5.29. The molecule has 4 nitrogen and oxygen atoms in total. The highest BCUT2D eigenvalue weighted by Gasteiger charge is 2.19. The maximum atomic E-state index is 12.7. The molecule has 25 heavy (non-hydrogen) atoms. The van der Waals surface area contributed by atoms with Crippen LogP contribution in [-0.4, -0.2) is 22.2 Å². The molecule has 128 valence electrons. The van der Waals surface area contributed by atoms with Gasteiger partial charge in [-0.15, -0.1) is 0 Å². The van der Waals surface area contributed by atoms with Crippen molar-refractivity contribution in [3.8, 4) is 16.9 Å². The summed E-state index contributed by atoms with van der Waals surface area (Å²) in [5.74, 6) is -0.0751. The standard InChI is InChI=1S/C21H23N3O/c1-3-4-14-22-21(25)19-15-24(17-11-6-5-7-12-17)23-20(19)18-13-9-8-10-16(18)2/h5-13,15H,3-4,14H2,1-2H3,(H,22,25). The summed E-state index contributed by atoms with van der Waals surface area (Å²) in [6.07, 6.45) is 3.84. The molecule has 1 amide bonds. The van der Waals surface area contributed by atoms with Crippen LogP contribution in [0.15, 0.2) is 60.8 Å². The van der Waals surface area contributed by atoms with E-state index in [-0.39, 0.29) is 5.91 Å². The molecule has 1 N–H and O–H groups in total. The van der Waals surface area contributed by atoms with Gasteiger partial charge in [-0.1, -0.05) is 55.8 Å². The van der Waals surface area contributed by atoms with Crippen molar-refractivity contribution >= 4 is 5.91 Å². The fraction of sp³-hybridized carbons (Fsp3) is 0.238. The summed E-state index contributed by atoms with van der Waals surface area (Å²) in [5, 5.41) is 7.72. The van der Waals surface area contributed by atoms with Gasteiger partial charge in [0.1, 0.15) is 5.69 Å². The second-order valence-electron chi connectivity index (χ2n) is 6.10. The van der Waals surface area contributed by atoms with Gasteiger partial charge in [0.25, 0.3) is 5.91 Å². The number of aryl methyl sites for hydroxylation is 1. The largest absolute Gasteiger partial charge is 0.352 e. The van der Waals surface area contributed by atoms with E-state index in [2.05, 4.69) is 12.2 Å². The van der Waals surface area contributed by atoms with Crippen LogP contribution in [0.2, 0.25) is 0 Å². The first-order valence-corrected chi connectivity index (χ1v) is 8.70. The van der Waals surface area contributed by atoms with Crippen LogP contribution in [0, 0.1) is 6.92 Å². The molecule has 0 fully saturated rings. The number of carbonyl (C=O) groups excluding carboxylic acids is 1. The normalized spacial score (nSPS) is 10.6. The van der Waals surface area contributed by atoms with Crippen molar-refractivity contribution in [2.45, 2.75) is 26.7 Å². The highest BCUT2D eigenvalue weighted by atomic mass is 16.1. The number of aromatic nitrogens is 2. The number of benzene rings is 2. The molecule has 4 heteroatoms. The first-order chi connectivity index (χ1) is 12.2. The number of hydrogen-bond acceptors (Lipinski definition) is 2. The molecule has 0 saturated carbocycles. The average molecular weight is 333 g/mol. The van der Waals surface area contributed by atoms with Gasteiger partial charge in [-0.05, 0) is 31.0 Å². The molecule has 0 aliphatic rings. The monoisotopic (exact) mass is 333 g/mol. The van der Waals surface area contributed by atoms with Crippen LogP contribution in [0.25, 0.3) is 16.9 Å². The second kappa shape index (κ2) is 7.79. The summed E-state index contributed by atoms with van der Waals surface area (Å²) in [6.45, 7) is 4.83. The molecule has 2 aromatic carbocycles. The van der Waals surface area contributed by atoms with Gasteiger partial charge in [-0.3, -0.25) is 4.79 Å². The molecule has 1 heterocycles. The van der Waals surface area contributed by atoms with Crippen molar-refractivity contribution in [3.05, 3.63) is 71.9 Å². The Morgan fingerprint density at radius 3 is 2.52 bits per heavy atom. The highest BCUT2D eigenvalue weighted by Crippen LogP contribution is 2.26. The fourth-order valence-corrected chi connectivity index (χ4v) is 2.76. The van der Waals surface area contributed by atoms with Crippen LogP contribution in [0.3, 0.4) is 0 Å².